The zero-order chi connectivity index (χ0) is 21.5. The Balaban J connectivity index is 1.48. The number of fused-ring (bicyclic) bond motifs is 2. The quantitative estimate of drug-likeness (QED) is 0.347. The highest BCUT2D eigenvalue weighted by molar-refractivity contribution is 6.15. The predicted molar refractivity (Wildman–Crippen MR) is 126 cm³/mol. The van der Waals surface area contributed by atoms with Crippen LogP contribution in [0.15, 0.2) is 97.3 Å². The molecule has 0 aliphatic heterocycles. The third-order valence-corrected chi connectivity index (χ3v) is 5.67. The maximum Gasteiger partial charge on any atom is 0.197 e. The highest BCUT2D eigenvalue weighted by atomic mass is 16.1. The van der Waals surface area contributed by atoms with E-state index in [1.165, 1.54) is 0 Å². The van der Waals surface area contributed by atoms with Gasteiger partial charge in [0.1, 0.15) is 0 Å². The van der Waals surface area contributed by atoms with Crippen molar-refractivity contribution in [2.75, 3.05) is 0 Å². The molecule has 6 rings (SSSR count). The number of pyridine rings is 2. The summed E-state index contributed by atoms with van der Waals surface area (Å²) in [5, 5.41) is 2.15. The van der Waals surface area contributed by atoms with Crippen molar-refractivity contribution < 1.29 is 4.79 Å². The van der Waals surface area contributed by atoms with E-state index in [4.69, 9.17) is 0 Å². The molecular formula is C27H18N4O. The Morgan fingerprint density at radius 3 is 1.53 bits per heavy atom. The molecule has 4 aromatic heterocycles. The molecule has 6 aromatic rings. The van der Waals surface area contributed by atoms with Gasteiger partial charge < -0.3 is 9.97 Å². The molecule has 5 heteroatoms. The van der Waals surface area contributed by atoms with Crippen molar-refractivity contribution in [3.05, 3.63) is 108 Å². The molecule has 0 radical (unpaired) electrons. The average Bonchev–Trinajstić information content (AvgIpc) is 3.48. The van der Waals surface area contributed by atoms with Crippen LogP contribution in [0.2, 0.25) is 0 Å². The third kappa shape index (κ3) is 2.99. The van der Waals surface area contributed by atoms with Crippen molar-refractivity contribution in [1.82, 2.24) is 19.9 Å². The molecular weight excluding hydrogens is 396 g/mol. The number of nitrogens with one attached hydrogen (secondary N) is 2. The Bertz CT molecular complexity index is 1420. The van der Waals surface area contributed by atoms with Gasteiger partial charge in [-0.3, -0.25) is 14.8 Å². The van der Waals surface area contributed by atoms with Crippen LogP contribution in [-0.2, 0) is 0 Å². The SMILES string of the molecule is O=C(c1cccnc1-c1cc2ccccc2[nH]1)c1cccnc1-c1cc2ccccc2[nH]1. The highest BCUT2D eigenvalue weighted by Crippen LogP contribution is 2.30. The average molecular weight is 414 g/mol. The van der Waals surface area contributed by atoms with Crippen LogP contribution in [0.25, 0.3) is 44.6 Å². The molecule has 0 atom stereocenters. The summed E-state index contributed by atoms with van der Waals surface area (Å²) in [6.07, 6.45) is 3.42. The molecule has 0 spiro atoms. The molecule has 0 saturated heterocycles. The molecule has 2 aromatic carbocycles. The Morgan fingerprint density at radius 2 is 1.06 bits per heavy atom. The lowest BCUT2D eigenvalue weighted by Crippen LogP contribution is -2.07. The summed E-state index contributed by atoms with van der Waals surface area (Å²) >= 11 is 0. The number of benzene rings is 2. The normalized spacial score (nSPS) is 11.2. The van der Waals surface area contributed by atoms with E-state index >= 15 is 0 Å². The van der Waals surface area contributed by atoms with Crippen molar-refractivity contribution in [3.63, 3.8) is 0 Å². The van der Waals surface area contributed by atoms with Crippen molar-refractivity contribution in [2.45, 2.75) is 0 Å². The van der Waals surface area contributed by atoms with E-state index in [0.29, 0.717) is 22.5 Å². The molecule has 0 aliphatic carbocycles. The van der Waals surface area contributed by atoms with Gasteiger partial charge in [0.2, 0.25) is 0 Å². The summed E-state index contributed by atoms with van der Waals surface area (Å²) in [7, 11) is 0. The highest BCUT2D eigenvalue weighted by Gasteiger charge is 2.21. The summed E-state index contributed by atoms with van der Waals surface area (Å²) in [6.45, 7) is 0. The molecule has 0 saturated carbocycles. The van der Waals surface area contributed by atoms with Gasteiger partial charge in [-0.05, 0) is 48.5 Å². The van der Waals surface area contributed by atoms with Gasteiger partial charge >= 0.3 is 0 Å². The fourth-order valence-electron chi connectivity index (χ4n) is 4.15. The number of nitrogens with zero attached hydrogens (tertiary/aromatic N) is 2. The Labute approximate surface area is 183 Å². The number of hydrogen-bond donors (Lipinski definition) is 2. The largest absolute Gasteiger partial charge is 0.353 e. The van der Waals surface area contributed by atoms with Crippen LogP contribution in [0.4, 0.5) is 0 Å². The van der Waals surface area contributed by atoms with Crippen molar-refractivity contribution in [1.29, 1.82) is 0 Å². The van der Waals surface area contributed by atoms with E-state index in [-0.39, 0.29) is 5.78 Å². The third-order valence-electron chi connectivity index (χ3n) is 5.67. The van der Waals surface area contributed by atoms with Crippen molar-refractivity contribution >= 4 is 27.6 Å². The maximum absolute atomic E-state index is 13.8. The van der Waals surface area contributed by atoms with Gasteiger partial charge in [0.25, 0.3) is 0 Å². The first kappa shape index (κ1) is 18.3. The lowest BCUT2D eigenvalue weighted by atomic mass is 9.98. The van der Waals surface area contributed by atoms with Crippen molar-refractivity contribution in [3.8, 4) is 22.8 Å². The van der Waals surface area contributed by atoms with Gasteiger partial charge in [-0.1, -0.05) is 36.4 Å². The molecule has 5 nitrogen and oxygen atoms in total. The summed E-state index contributed by atoms with van der Waals surface area (Å²) in [5.41, 5.74) is 5.95. The van der Waals surface area contributed by atoms with E-state index in [9.17, 15) is 4.79 Å². The second kappa shape index (κ2) is 7.32. The number of ketones is 1. The van der Waals surface area contributed by atoms with Crippen LogP contribution in [0.5, 0.6) is 0 Å². The van der Waals surface area contributed by atoms with E-state index in [1.54, 1.807) is 24.5 Å². The zero-order valence-corrected chi connectivity index (χ0v) is 17.0. The summed E-state index contributed by atoms with van der Waals surface area (Å²) in [6, 6.07) is 27.3. The molecule has 0 amide bonds. The number of aromatic amines is 2. The molecule has 0 bridgehead atoms. The molecule has 0 fully saturated rings. The summed E-state index contributed by atoms with van der Waals surface area (Å²) in [5.74, 6) is -0.117. The van der Waals surface area contributed by atoms with Crippen LogP contribution in [0, 0.1) is 0 Å². The van der Waals surface area contributed by atoms with Gasteiger partial charge in [0, 0.05) is 34.2 Å². The molecule has 4 heterocycles. The topological polar surface area (TPSA) is 74.4 Å². The summed E-state index contributed by atoms with van der Waals surface area (Å²) in [4.78, 5) is 29.6. The molecule has 0 aliphatic rings. The number of H-pyrrole nitrogens is 2. The second-order valence-corrected chi connectivity index (χ2v) is 7.67. The summed E-state index contributed by atoms with van der Waals surface area (Å²) < 4.78 is 0. The van der Waals surface area contributed by atoms with Crippen molar-refractivity contribution in [2.24, 2.45) is 0 Å². The second-order valence-electron chi connectivity index (χ2n) is 7.67. The number of carbonyl (C=O) groups is 1. The van der Waals surface area contributed by atoms with Crippen LogP contribution in [0.1, 0.15) is 15.9 Å². The van der Waals surface area contributed by atoms with Crippen LogP contribution >= 0.6 is 0 Å². The van der Waals surface area contributed by atoms with Gasteiger partial charge in [-0.25, -0.2) is 0 Å². The first-order valence-electron chi connectivity index (χ1n) is 10.4. The Morgan fingerprint density at radius 1 is 0.594 bits per heavy atom. The minimum atomic E-state index is -0.117. The lowest BCUT2D eigenvalue weighted by molar-refractivity contribution is 0.103. The Hall–Kier alpha value is -4.51. The first-order valence-corrected chi connectivity index (χ1v) is 10.4. The fourth-order valence-corrected chi connectivity index (χ4v) is 4.15. The number of aromatic nitrogens is 4. The van der Waals surface area contributed by atoms with Gasteiger partial charge in [-0.15, -0.1) is 0 Å². The van der Waals surface area contributed by atoms with Gasteiger partial charge in [0.05, 0.1) is 33.9 Å². The lowest BCUT2D eigenvalue weighted by Gasteiger charge is -2.09. The van der Waals surface area contributed by atoms with Crippen LogP contribution in [-0.4, -0.2) is 25.7 Å². The standard InChI is InChI=1S/C27H18N4O/c32-27(19-9-5-13-28-25(19)23-15-17-7-1-3-11-21(17)30-23)20-10-6-14-29-26(20)24-16-18-8-2-4-12-22(18)31-24/h1-16,30-31H. The molecule has 2 N–H and O–H groups in total. The minimum Gasteiger partial charge on any atom is -0.353 e. The van der Waals surface area contributed by atoms with Gasteiger partial charge in [0.15, 0.2) is 5.78 Å². The molecule has 152 valence electrons. The van der Waals surface area contributed by atoms with E-state index in [0.717, 1.165) is 33.2 Å². The fraction of sp³-hybridized carbons (Fsp3) is 0. The molecule has 0 unspecified atom stereocenters. The number of hydrogen-bond acceptors (Lipinski definition) is 3. The van der Waals surface area contributed by atoms with E-state index in [2.05, 4.69) is 19.9 Å². The Kier molecular flexibility index (Phi) is 4.18. The van der Waals surface area contributed by atoms with E-state index < -0.39 is 0 Å². The van der Waals surface area contributed by atoms with E-state index in [1.807, 2.05) is 72.8 Å². The van der Waals surface area contributed by atoms with Gasteiger partial charge in [-0.2, -0.15) is 0 Å². The number of carbonyl (C=O) groups excluding carboxylic acids is 1. The zero-order valence-electron chi connectivity index (χ0n) is 17.0. The maximum atomic E-state index is 13.8. The van der Waals surface area contributed by atoms with Crippen LogP contribution in [0.3, 0.4) is 0 Å². The number of rotatable bonds is 4. The first-order chi connectivity index (χ1) is 15.8. The minimum absolute atomic E-state index is 0.117. The van der Waals surface area contributed by atoms with Crippen LogP contribution < -0.4 is 0 Å². The molecule has 32 heavy (non-hydrogen) atoms. The number of para-hydroxylation sites is 2. The smallest absolute Gasteiger partial charge is 0.197 e. The monoisotopic (exact) mass is 414 g/mol. The predicted octanol–water partition coefficient (Wildman–Crippen LogP) is 6.00.